The van der Waals surface area contributed by atoms with Crippen molar-refractivity contribution in [1.29, 1.82) is 0 Å². The second-order valence-electron chi connectivity index (χ2n) is 6.24. The third-order valence-corrected chi connectivity index (χ3v) is 4.74. The molecule has 1 aliphatic heterocycles. The number of ether oxygens (including phenoxy) is 2. The first-order valence-electron chi connectivity index (χ1n) is 8.48. The Bertz CT molecular complexity index is 661. The number of carbonyl (C=O) groups is 1. The fourth-order valence-corrected chi connectivity index (χ4v) is 3.17. The number of hydrogen-bond donors (Lipinski definition) is 2. The van der Waals surface area contributed by atoms with Crippen molar-refractivity contribution >= 4 is 6.03 Å². The van der Waals surface area contributed by atoms with E-state index in [1.54, 1.807) is 19.4 Å². The van der Waals surface area contributed by atoms with Crippen molar-refractivity contribution in [3.05, 3.63) is 54.0 Å². The Morgan fingerprint density at radius 2 is 1.92 bits per heavy atom. The number of methoxy groups -OCH3 is 1. The lowest BCUT2D eigenvalue weighted by molar-refractivity contribution is 0.0506. The molecule has 0 bridgehead atoms. The largest absolute Gasteiger partial charge is 0.497 e. The number of rotatable bonds is 6. The normalized spacial score (nSPS) is 16.2. The molecular weight excluding hydrogens is 320 g/mol. The SMILES string of the molecule is COc1ccc(C2(CNC(=O)NCc3ccco3)CCOCC2)cc1. The molecule has 2 N–H and O–H groups in total. The average Bonchev–Trinajstić information content (AvgIpc) is 3.19. The van der Waals surface area contributed by atoms with Crippen LogP contribution in [-0.2, 0) is 16.7 Å². The molecule has 0 atom stereocenters. The van der Waals surface area contributed by atoms with Crippen molar-refractivity contribution in [2.75, 3.05) is 26.9 Å². The first-order chi connectivity index (χ1) is 12.2. The Balaban J connectivity index is 1.62. The molecule has 0 saturated carbocycles. The summed E-state index contributed by atoms with van der Waals surface area (Å²) in [6, 6.07) is 11.5. The molecule has 1 saturated heterocycles. The fourth-order valence-electron chi connectivity index (χ4n) is 3.17. The van der Waals surface area contributed by atoms with Crippen molar-refractivity contribution in [2.45, 2.75) is 24.8 Å². The Hall–Kier alpha value is -2.47. The van der Waals surface area contributed by atoms with Crippen LogP contribution in [0.4, 0.5) is 4.79 Å². The molecule has 3 rings (SSSR count). The summed E-state index contributed by atoms with van der Waals surface area (Å²) in [6.45, 7) is 2.33. The van der Waals surface area contributed by atoms with Gasteiger partial charge in [0, 0.05) is 25.2 Å². The maximum Gasteiger partial charge on any atom is 0.315 e. The van der Waals surface area contributed by atoms with Gasteiger partial charge in [-0.1, -0.05) is 12.1 Å². The van der Waals surface area contributed by atoms with Crippen LogP contribution in [-0.4, -0.2) is 32.9 Å². The fraction of sp³-hybridized carbons (Fsp3) is 0.421. The highest BCUT2D eigenvalue weighted by Gasteiger charge is 2.34. The third-order valence-electron chi connectivity index (χ3n) is 4.74. The van der Waals surface area contributed by atoms with E-state index in [9.17, 15) is 4.79 Å². The smallest absolute Gasteiger partial charge is 0.315 e. The zero-order valence-electron chi connectivity index (χ0n) is 14.4. The van der Waals surface area contributed by atoms with Gasteiger partial charge in [0.05, 0.1) is 19.9 Å². The minimum Gasteiger partial charge on any atom is -0.497 e. The highest BCUT2D eigenvalue weighted by molar-refractivity contribution is 5.73. The van der Waals surface area contributed by atoms with Gasteiger partial charge < -0.3 is 24.5 Å². The number of urea groups is 1. The van der Waals surface area contributed by atoms with Crippen molar-refractivity contribution < 1.29 is 18.7 Å². The van der Waals surface area contributed by atoms with E-state index >= 15 is 0 Å². The molecule has 6 heteroatoms. The van der Waals surface area contributed by atoms with E-state index in [1.807, 2.05) is 18.2 Å². The van der Waals surface area contributed by atoms with Gasteiger partial charge in [0.15, 0.2) is 0 Å². The van der Waals surface area contributed by atoms with Crippen LogP contribution >= 0.6 is 0 Å². The van der Waals surface area contributed by atoms with Gasteiger partial charge in [-0.15, -0.1) is 0 Å². The van der Waals surface area contributed by atoms with Gasteiger partial charge in [0.25, 0.3) is 0 Å². The molecule has 1 fully saturated rings. The monoisotopic (exact) mass is 344 g/mol. The van der Waals surface area contributed by atoms with Crippen LogP contribution in [0.15, 0.2) is 47.1 Å². The number of carbonyl (C=O) groups excluding carboxylic acids is 1. The zero-order valence-corrected chi connectivity index (χ0v) is 14.4. The van der Waals surface area contributed by atoms with Crippen LogP contribution in [0.2, 0.25) is 0 Å². The molecule has 2 amide bonds. The van der Waals surface area contributed by atoms with E-state index in [2.05, 4.69) is 22.8 Å². The lowest BCUT2D eigenvalue weighted by Crippen LogP contribution is -2.47. The van der Waals surface area contributed by atoms with Gasteiger partial charge in [-0.05, 0) is 42.7 Å². The molecule has 2 heterocycles. The number of nitrogens with one attached hydrogen (secondary N) is 2. The summed E-state index contributed by atoms with van der Waals surface area (Å²) in [4.78, 5) is 12.1. The Morgan fingerprint density at radius 3 is 2.56 bits per heavy atom. The molecule has 0 radical (unpaired) electrons. The number of hydrogen-bond acceptors (Lipinski definition) is 4. The van der Waals surface area contributed by atoms with E-state index in [4.69, 9.17) is 13.9 Å². The summed E-state index contributed by atoms with van der Waals surface area (Å²) in [5.41, 5.74) is 1.08. The van der Waals surface area contributed by atoms with Gasteiger partial charge in [-0.25, -0.2) is 4.79 Å². The van der Waals surface area contributed by atoms with Crippen LogP contribution in [0, 0.1) is 0 Å². The summed E-state index contributed by atoms with van der Waals surface area (Å²) in [5, 5.41) is 5.82. The van der Waals surface area contributed by atoms with Gasteiger partial charge in [-0.3, -0.25) is 0 Å². The molecule has 0 unspecified atom stereocenters. The van der Waals surface area contributed by atoms with E-state index < -0.39 is 0 Å². The first kappa shape index (κ1) is 17.4. The van der Waals surface area contributed by atoms with Crippen LogP contribution in [0.25, 0.3) is 0 Å². The molecule has 1 aromatic carbocycles. The van der Waals surface area contributed by atoms with Crippen LogP contribution in [0.5, 0.6) is 5.75 Å². The topological polar surface area (TPSA) is 72.7 Å². The predicted octanol–water partition coefficient (Wildman–Crippen LogP) is 2.84. The lowest BCUT2D eigenvalue weighted by atomic mass is 9.74. The predicted molar refractivity (Wildman–Crippen MR) is 93.7 cm³/mol. The number of benzene rings is 1. The summed E-state index contributed by atoms with van der Waals surface area (Å²) in [5.74, 6) is 1.56. The van der Waals surface area contributed by atoms with Crippen molar-refractivity contribution in [2.24, 2.45) is 0 Å². The van der Waals surface area contributed by atoms with E-state index in [-0.39, 0.29) is 11.4 Å². The maximum atomic E-state index is 12.1. The van der Waals surface area contributed by atoms with Crippen LogP contribution in [0.1, 0.15) is 24.2 Å². The standard InChI is InChI=1S/C19H24N2O4/c1-23-16-6-4-15(5-7-16)19(8-11-24-12-9-19)14-21-18(22)20-13-17-3-2-10-25-17/h2-7,10H,8-9,11-14H2,1H3,(H2,20,21,22). The third kappa shape index (κ3) is 4.33. The summed E-state index contributed by atoms with van der Waals surface area (Å²) >= 11 is 0. The van der Waals surface area contributed by atoms with Gasteiger partial charge in [0.2, 0.25) is 0 Å². The average molecular weight is 344 g/mol. The van der Waals surface area contributed by atoms with E-state index in [1.165, 1.54) is 5.56 Å². The van der Waals surface area contributed by atoms with E-state index in [0.29, 0.717) is 26.3 Å². The zero-order chi connectivity index (χ0) is 17.5. The molecular formula is C19H24N2O4. The number of amides is 2. The van der Waals surface area contributed by atoms with E-state index in [0.717, 1.165) is 24.4 Å². The molecule has 1 aromatic heterocycles. The number of furan rings is 1. The second kappa shape index (κ2) is 8.07. The summed E-state index contributed by atoms with van der Waals surface area (Å²) < 4.78 is 16.0. The minimum atomic E-state index is -0.198. The Kier molecular flexibility index (Phi) is 5.60. The molecule has 6 nitrogen and oxygen atoms in total. The first-order valence-corrected chi connectivity index (χ1v) is 8.48. The molecule has 134 valence electrons. The molecule has 2 aromatic rings. The van der Waals surface area contributed by atoms with Crippen LogP contribution in [0.3, 0.4) is 0 Å². The van der Waals surface area contributed by atoms with Gasteiger partial charge in [0.1, 0.15) is 11.5 Å². The van der Waals surface area contributed by atoms with Gasteiger partial charge in [-0.2, -0.15) is 0 Å². The Morgan fingerprint density at radius 1 is 1.16 bits per heavy atom. The molecule has 1 aliphatic rings. The quantitative estimate of drug-likeness (QED) is 0.845. The maximum absolute atomic E-state index is 12.1. The van der Waals surface area contributed by atoms with Gasteiger partial charge >= 0.3 is 6.03 Å². The van der Waals surface area contributed by atoms with Crippen molar-refractivity contribution in [1.82, 2.24) is 10.6 Å². The second-order valence-corrected chi connectivity index (χ2v) is 6.24. The Labute approximate surface area is 147 Å². The summed E-state index contributed by atoms with van der Waals surface area (Å²) in [7, 11) is 1.66. The molecule has 0 aliphatic carbocycles. The van der Waals surface area contributed by atoms with Crippen molar-refractivity contribution in [3.63, 3.8) is 0 Å². The molecule has 0 spiro atoms. The van der Waals surface area contributed by atoms with Crippen LogP contribution < -0.4 is 15.4 Å². The highest BCUT2D eigenvalue weighted by Crippen LogP contribution is 2.35. The lowest BCUT2D eigenvalue weighted by Gasteiger charge is -2.38. The minimum absolute atomic E-state index is 0.119. The summed E-state index contributed by atoms with van der Waals surface area (Å²) in [6.07, 6.45) is 3.34. The van der Waals surface area contributed by atoms with Crippen molar-refractivity contribution in [3.8, 4) is 5.75 Å². The highest BCUT2D eigenvalue weighted by atomic mass is 16.5. The molecule has 25 heavy (non-hydrogen) atoms.